The lowest BCUT2D eigenvalue weighted by molar-refractivity contribution is 0.0509. The summed E-state index contributed by atoms with van der Waals surface area (Å²) in [5.74, 6) is 0.00421. The van der Waals surface area contributed by atoms with Crippen molar-refractivity contribution in [3.05, 3.63) is 35.7 Å². The molecule has 1 fully saturated rings. The van der Waals surface area contributed by atoms with E-state index < -0.39 is 20.9 Å². The van der Waals surface area contributed by atoms with E-state index >= 15 is 0 Å². The van der Waals surface area contributed by atoms with Crippen LogP contribution in [0, 0.1) is 5.82 Å². The molecule has 1 aromatic rings. The zero-order chi connectivity index (χ0) is 15.7. The fraction of sp³-hybridized carbons (Fsp3) is 0.500. The van der Waals surface area contributed by atoms with Crippen LogP contribution in [0.25, 0.3) is 5.57 Å². The highest BCUT2D eigenvalue weighted by Crippen LogP contribution is 2.40. The fourth-order valence-electron chi connectivity index (χ4n) is 3.23. The van der Waals surface area contributed by atoms with Gasteiger partial charge < -0.3 is 9.47 Å². The molecule has 22 heavy (non-hydrogen) atoms. The summed E-state index contributed by atoms with van der Waals surface area (Å²) >= 11 is 0. The normalized spacial score (nSPS) is 26.4. The Bertz CT molecular complexity index is 696. The number of benzene rings is 1. The van der Waals surface area contributed by atoms with E-state index in [9.17, 15) is 12.8 Å². The third-order valence-electron chi connectivity index (χ3n) is 4.37. The van der Waals surface area contributed by atoms with Crippen molar-refractivity contribution in [3.63, 3.8) is 0 Å². The van der Waals surface area contributed by atoms with E-state index in [1.54, 1.807) is 18.2 Å². The average Bonchev–Trinajstić information content (AvgIpc) is 2.44. The van der Waals surface area contributed by atoms with Crippen molar-refractivity contribution in [2.45, 2.75) is 36.2 Å². The third-order valence-corrected chi connectivity index (χ3v) is 6.91. The Morgan fingerprint density at radius 3 is 2.82 bits per heavy atom. The van der Waals surface area contributed by atoms with Gasteiger partial charge in [-0.05, 0) is 37.0 Å². The highest BCUT2D eigenvalue weighted by atomic mass is 32.2. The molecular weight excluding hydrogens is 307 g/mol. The lowest BCUT2D eigenvalue weighted by Crippen LogP contribution is -2.38. The van der Waals surface area contributed by atoms with Crippen molar-refractivity contribution in [1.29, 1.82) is 0 Å². The van der Waals surface area contributed by atoms with E-state index in [-0.39, 0.29) is 12.0 Å². The Morgan fingerprint density at radius 2 is 2.14 bits per heavy atom. The number of rotatable bonds is 4. The van der Waals surface area contributed by atoms with Gasteiger partial charge in [0.15, 0.2) is 16.6 Å². The maximum atomic E-state index is 14.3. The molecule has 3 rings (SSSR count). The summed E-state index contributed by atoms with van der Waals surface area (Å²) in [5.41, 5.74) is 1.26. The number of ether oxygens (including phenoxy) is 2. The van der Waals surface area contributed by atoms with E-state index in [1.165, 1.54) is 13.2 Å². The minimum atomic E-state index is -3.08. The Balaban J connectivity index is 1.90. The first-order valence-electron chi connectivity index (χ1n) is 7.37. The van der Waals surface area contributed by atoms with Crippen LogP contribution in [0.4, 0.5) is 4.39 Å². The molecule has 2 atom stereocenters. The topological polar surface area (TPSA) is 52.6 Å². The maximum absolute atomic E-state index is 14.3. The minimum Gasteiger partial charge on any atom is -0.467 e. The molecule has 0 saturated carbocycles. The van der Waals surface area contributed by atoms with Crippen LogP contribution in [0.15, 0.2) is 24.3 Å². The molecule has 0 N–H and O–H groups in total. The van der Waals surface area contributed by atoms with Crippen LogP contribution in [0.5, 0.6) is 5.75 Å². The predicted molar refractivity (Wildman–Crippen MR) is 81.8 cm³/mol. The molecule has 4 nitrogen and oxygen atoms in total. The van der Waals surface area contributed by atoms with Crippen molar-refractivity contribution in [2.75, 3.05) is 13.9 Å². The van der Waals surface area contributed by atoms with Gasteiger partial charge in [-0.15, -0.1) is 0 Å². The predicted octanol–water partition coefficient (Wildman–Crippen LogP) is 2.93. The van der Waals surface area contributed by atoms with Crippen LogP contribution in [0.1, 0.15) is 31.2 Å². The van der Waals surface area contributed by atoms with Crippen LogP contribution >= 0.6 is 0 Å². The molecule has 2 aliphatic rings. The van der Waals surface area contributed by atoms with Crippen molar-refractivity contribution >= 4 is 15.4 Å². The summed E-state index contributed by atoms with van der Waals surface area (Å²) in [6, 6.07) is 4.64. The average molecular weight is 326 g/mol. The highest BCUT2D eigenvalue weighted by Gasteiger charge is 2.40. The van der Waals surface area contributed by atoms with E-state index in [1.807, 2.05) is 0 Å². The van der Waals surface area contributed by atoms with Crippen LogP contribution in [-0.2, 0) is 14.6 Å². The number of halogens is 1. The van der Waals surface area contributed by atoms with Gasteiger partial charge in [0.05, 0.1) is 10.5 Å². The van der Waals surface area contributed by atoms with Gasteiger partial charge in [0.2, 0.25) is 0 Å². The van der Waals surface area contributed by atoms with Gasteiger partial charge in [0, 0.05) is 18.7 Å². The number of hydrogen-bond donors (Lipinski definition) is 0. The number of allylic oxidation sites excluding steroid dienone is 1. The second kappa shape index (κ2) is 6.01. The van der Waals surface area contributed by atoms with Crippen molar-refractivity contribution in [2.24, 2.45) is 0 Å². The van der Waals surface area contributed by atoms with Gasteiger partial charge in [0.1, 0.15) is 11.6 Å². The first-order valence-corrected chi connectivity index (χ1v) is 8.98. The number of sulfone groups is 1. The molecule has 1 aromatic carbocycles. The van der Waals surface area contributed by atoms with Crippen LogP contribution in [-0.4, -0.2) is 32.8 Å². The monoisotopic (exact) mass is 326 g/mol. The van der Waals surface area contributed by atoms with Crippen molar-refractivity contribution in [3.8, 4) is 5.75 Å². The lowest BCUT2D eigenvalue weighted by Gasteiger charge is -2.33. The molecule has 0 amide bonds. The molecule has 0 aliphatic carbocycles. The Labute approximate surface area is 129 Å². The molecule has 0 radical (unpaired) electrons. The van der Waals surface area contributed by atoms with Crippen molar-refractivity contribution < 1.29 is 22.3 Å². The molecular formula is C16H19FO4S. The van der Waals surface area contributed by atoms with Crippen LogP contribution in [0.3, 0.4) is 0 Å². The van der Waals surface area contributed by atoms with Crippen molar-refractivity contribution in [1.82, 2.24) is 0 Å². The van der Waals surface area contributed by atoms with E-state index in [0.29, 0.717) is 30.6 Å². The molecule has 0 aromatic heterocycles. The maximum Gasteiger partial charge on any atom is 0.188 e. The summed E-state index contributed by atoms with van der Waals surface area (Å²) in [7, 11) is -1.58. The zero-order valence-corrected chi connectivity index (χ0v) is 13.2. The summed E-state index contributed by atoms with van der Waals surface area (Å²) in [4.78, 5) is 0. The minimum absolute atomic E-state index is 0.0594. The molecule has 2 bridgehead atoms. The summed E-state index contributed by atoms with van der Waals surface area (Å²) < 4.78 is 48.8. The largest absolute Gasteiger partial charge is 0.467 e. The zero-order valence-electron chi connectivity index (χ0n) is 12.4. The SMILES string of the molecule is COCOc1ccc(C2=CC3CCCC(C2)S3(=O)=O)c(F)c1. The molecule has 1 saturated heterocycles. The van der Waals surface area contributed by atoms with Gasteiger partial charge >= 0.3 is 0 Å². The van der Waals surface area contributed by atoms with E-state index in [4.69, 9.17) is 9.47 Å². The Hall–Kier alpha value is -1.40. The second-order valence-electron chi connectivity index (χ2n) is 5.77. The van der Waals surface area contributed by atoms with Gasteiger partial charge in [0.25, 0.3) is 0 Å². The summed E-state index contributed by atoms with van der Waals surface area (Å²) in [6.45, 7) is 0.0594. The van der Waals surface area contributed by atoms with Crippen LogP contribution < -0.4 is 4.74 Å². The summed E-state index contributed by atoms with van der Waals surface area (Å²) in [6.07, 6.45) is 4.36. The van der Waals surface area contributed by atoms with Gasteiger partial charge in [-0.3, -0.25) is 0 Å². The van der Waals surface area contributed by atoms with Crippen LogP contribution in [0.2, 0.25) is 0 Å². The second-order valence-corrected chi connectivity index (χ2v) is 8.22. The molecule has 2 aliphatic heterocycles. The first kappa shape index (κ1) is 15.5. The molecule has 120 valence electrons. The molecule has 0 spiro atoms. The van der Waals surface area contributed by atoms with Gasteiger partial charge in [-0.25, -0.2) is 12.8 Å². The quantitative estimate of drug-likeness (QED) is 0.798. The van der Waals surface area contributed by atoms with Gasteiger partial charge in [-0.1, -0.05) is 12.5 Å². The lowest BCUT2D eigenvalue weighted by atomic mass is 9.93. The Morgan fingerprint density at radius 1 is 1.32 bits per heavy atom. The Kier molecular flexibility index (Phi) is 4.23. The van der Waals surface area contributed by atoms with E-state index in [0.717, 1.165) is 12.0 Å². The molecule has 2 heterocycles. The summed E-state index contributed by atoms with van der Waals surface area (Å²) in [5, 5.41) is -0.825. The fourth-order valence-corrected chi connectivity index (χ4v) is 5.48. The number of hydrogen-bond acceptors (Lipinski definition) is 4. The highest BCUT2D eigenvalue weighted by molar-refractivity contribution is 7.93. The smallest absolute Gasteiger partial charge is 0.188 e. The number of methoxy groups -OCH3 is 1. The van der Waals surface area contributed by atoms with Gasteiger partial charge in [-0.2, -0.15) is 0 Å². The van der Waals surface area contributed by atoms with E-state index in [2.05, 4.69) is 0 Å². The number of fused-ring (bicyclic) bond motifs is 2. The standard InChI is InChI=1S/C16H19FO4S/c1-20-10-21-12-5-6-15(16(17)9-12)11-7-13-3-2-4-14(8-11)22(13,18)19/h5-7,9,13-14H,2-4,8,10H2,1H3. The third kappa shape index (κ3) is 2.77. The first-order chi connectivity index (χ1) is 10.5. The molecule has 6 heteroatoms. The molecule has 2 unspecified atom stereocenters.